The van der Waals surface area contributed by atoms with Crippen molar-refractivity contribution in [3.05, 3.63) is 0 Å². The van der Waals surface area contributed by atoms with Crippen LogP contribution < -0.4 is 5.32 Å². The van der Waals surface area contributed by atoms with E-state index in [1.165, 1.54) is 0 Å². The molecule has 1 atom stereocenters. The number of rotatable bonds is 3. The Labute approximate surface area is 111 Å². The van der Waals surface area contributed by atoms with Crippen LogP contribution in [-0.2, 0) is 4.79 Å². The van der Waals surface area contributed by atoms with Gasteiger partial charge in [0.05, 0.1) is 5.41 Å². The Bertz CT molecular complexity index is 289. The summed E-state index contributed by atoms with van der Waals surface area (Å²) in [6.45, 7) is 7.00. The van der Waals surface area contributed by atoms with Crippen LogP contribution in [0, 0.1) is 11.3 Å². The minimum absolute atomic E-state index is 0.144. The first-order valence-electron chi connectivity index (χ1n) is 7.16. The highest BCUT2D eigenvalue weighted by Gasteiger charge is 2.40. The smallest absolute Gasteiger partial charge is 0.229 e. The van der Waals surface area contributed by atoms with Gasteiger partial charge in [0, 0.05) is 26.2 Å². The first-order valence-corrected chi connectivity index (χ1v) is 7.16. The van der Waals surface area contributed by atoms with Crippen molar-refractivity contribution in [1.29, 1.82) is 0 Å². The van der Waals surface area contributed by atoms with Gasteiger partial charge in [0.2, 0.25) is 5.91 Å². The zero-order valence-electron chi connectivity index (χ0n) is 12.0. The van der Waals surface area contributed by atoms with Crippen LogP contribution in [-0.4, -0.2) is 62.5 Å². The fraction of sp³-hybridized carbons (Fsp3) is 0.929. The fourth-order valence-corrected chi connectivity index (χ4v) is 3.22. The lowest BCUT2D eigenvalue weighted by Crippen LogP contribution is -2.47. The summed E-state index contributed by atoms with van der Waals surface area (Å²) in [5.41, 5.74) is -0.144. The van der Waals surface area contributed by atoms with Gasteiger partial charge >= 0.3 is 0 Å². The first-order chi connectivity index (χ1) is 8.51. The van der Waals surface area contributed by atoms with Gasteiger partial charge in [-0.25, -0.2) is 0 Å². The Morgan fingerprint density at radius 3 is 2.56 bits per heavy atom. The maximum atomic E-state index is 12.5. The monoisotopic (exact) mass is 253 g/mol. The number of likely N-dealkylation sites (tertiary alicyclic amines) is 1. The normalized spacial score (nSPS) is 30.1. The van der Waals surface area contributed by atoms with E-state index >= 15 is 0 Å². The van der Waals surface area contributed by atoms with Gasteiger partial charge in [0.25, 0.3) is 0 Å². The third-order valence-corrected chi connectivity index (χ3v) is 4.41. The molecule has 2 heterocycles. The molecule has 0 aromatic heterocycles. The molecule has 4 heteroatoms. The van der Waals surface area contributed by atoms with Crippen LogP contribution in [0.2, 0.25) is 0 Å². The molecule has 0 saturated carbocycles. The maximum Gasteiger partial charge on any atom is 0.229 e. The molecule has 2 aliphatic heterocycles. The molecule has 18 heavy (non-hydrogen) atoms. The van der Waals surface area contributed by atoms with Crippen LogP contribution in [0.5, 0.6) is 0 Å². The summed E-state index contributed by atoms with van der Waals surface area (Å²) in [6, 6.07) is 0. The second-order valence-electron chi connectivity index (χ2n) is 6.49. The molecule has 0 bridgehead atoms. The lowest BCUT2D eigenvalue weighted by atomic mass is 9.86. The van der Waals surface area contributed by atoms with Crippen molar-refractivity contribution in [2.75, 3.05) is 46.8 Å². The van der Waals surface area contributed by atoms with Gasteiger partial charge < -0.3 is 15.1 Å². The van der Waals surface area contributed by atoms with E-state index in [1.807, 2.05) is 0 Å². The van der Waals surface area contributed by atoms with Gasteiger partial charge in [-0.15, -0.1) is 0 Å². The molecule has 104 valence electrons. The van der Waals surface area contributed by atoms with Crippen LogP contribution in [0.1, 0.15) is 26.2 Å². The quantitative estimate of drug-likeness (QED) is 0.807. The van der Waals surface area contributed by atoms with Crippen molar-refractivity contribution in [2.24, 2.45) is 11.3 Å². The third-order valence-electron chi connectivity index (χ3n) is 4.41. The molecule has 0 spiro atoms. The Kier molecular flexibility index (Phi) is 4.28. The first kappa shape index (κ1) is 13.8. The minimum Gasteiger partial charge on any atom is -0.342 e. The molecule has 2 aliphatic rings. The third kappa shape index (κ3) is 3.04. The van der Waals surface area contributed by atoms with Crippen molar-refractivity contribution in [2.45, 2.75) is 26.2 Å². The topological polar surface area (TPSA) is 35.6 Å². The highest BCUT2D eigenvalue weighted by Crippen LogP contribution is 2.29. The average Bonchev–Trinajstić information content (AvgIpc) is 2.77. The molecule has 0 aliphatic carbocycles. The predicted octanol–water partition coefficient (Wildman–Crippen LogP) is 0.786. The number of piperidine rings is 1. The molecule has 1 amide bonds. The zero-order chi connectivity index (χ0) is 13.2. The largest absolute Gasteiger partial charge is 0.342 e. The number of carbonyl (C=O) groups excluding carboxylic acids is 1. The van der Waals surface area contributed by atoms with E-state index in [1.54, 1.807) is 0 Å². The van der Waals surface area contributed by atoms with Gasteiger partial charge in [0.15, 0.2) is 0 Å². The summed E-state index contributed by atoms with van der Waals surface area (Å²) in [5.74, 6) is 1.13. The van der Waals surface area contributed by atoms with Gasteiger partial charge in [-0.1, -0.05) is 0 Å². The summed E-state index contributed by atoms with van der Waals surface area (Å²) in [7, 11) is 4.26. The molecule has 4 nitrogen and oxygen atoms in total. The average molecular weight is 253 g/mol. The summed E-state index contributed by atoms with van der Waals surface area (Å²) < 4.78 is 0. The van der Waals surface area contributed by atoms with Gasteiger partial charge in [-0.3, -0.25) is 4.79 Å². The van der Waals surface area contributed by atoms with Gasteiger partial charge in [-0.2, -0.15) is 0 Å². The van der Waals surface area contributed by atoms with E-state index < -0.39 is 0 Å². The van der Waals surface area contributed by atoms with E-state index in [9.17, 15) is 4.79 Å². The second-order valence-corrected chi connectivity index (χ2v) is 6.49. The van der Waals surface area contributed by atoms with Crippen LogP contribution in [0.25, 0.3) is 0 Å². The number of hydrogen-bond acceptors (Lipinski definition) is 3. The van der Waals surface area contributed by atoms with E-state index in [2.05, 4.69) is 36.1 Å². The number of hydrogen-bond donors (Lipinski definition) is 1. The SMILES string of the molecule is CN(C)CC1CCN(C(=O)C2(C)CCNC2)CC1. The summed E-state index contributed by atoms with van der Waals surface area (Å²) >= 11 is 0. The maximum absolute atomic E-state index is 12.5. The van der Waals surface area contributed by atoms with Gasteiger partial charge in [-0.05, 0) is 52.7 Å². The van der Waals surface area contributed by atoms with Crippen molar-refractivity contribution in [1.82, 2.24) is 15.1 Å². The number of nitrogens with one attached hydrogen (secondary N) is 1. The Morgan fingerprint density at radius 2 is 2.06 bits per heavy atom. The van der Waals surface area contributed by atoms with Crippen molar-refractivity contribution in [3.63, 3.8) is 0 Å². The zero-order valence-corrected chi connectivity index (χ0v) is 12.0. The molecule has 1 N–H and O–H groups in total. The summed E-state index contributed by atoms with van der Waals surface area (Å²) in [4.78, 5) is 16.9. The van der Waals surface area contributed by atoms with E-state index in [0.717, 1.165) is 57.9 Å². The predicted molar refractivity (Wildman–Crippen MR) is 73.5 cm³/mol. The highest BCUT2D eigenvalue weighted by atomic mass is 16.2. The minimum atomic E-state index is -0.144. The molecule has 2 fully saturated rings. The highest BCUT2D eigenvalue weighted by molar-refractivity contribution is 5.83. The fourth-order valence-electron chi connectivity index (χ4n) is 3.22. The van der Waals surface area contributed by atoms with Crippen molar-refractivity contribution >= 4 is 5.91 Å². The molecule has 2 saturated heterocycles. The Balaban J connectivity index is 1.84. The number of amides is 1. The second kappa shape index (κ2) is 5.57. The van der Waals surface area contributed by atoms with Crippen molar-refractivity contribution in [3.8, 4) is 0 Å². The molecule has 0 aromatic rings. The van der Waals surface area contributed by atoms with E-state index in [4.69, 9.17) is 0 Å². The van der Waals surface area contributed by atoms with Crippen LogP contribution >= 0.6 is 0 Å². The van der Waals surface area contributed by atoms with Crippen LogP contribution in [0.4, 0.5) is 0 Å². The number of carbonyl (C=O) groups is 1. The lowest BCUT2D eigenvalue weighted by Gasteiger charge is -2.37. The van der Waals surface area contributed by atoms with Crippen LogP contribution in [0.15, 0.2) is 0 Å². The summed E-state index contributed by atoms with van der Waals surface area (Å²) in [6.07, 6.45) is 3.31. The standard InChI is InChI=1S/C14H27N3O/c1-14(6-7-15-11-14)13(18)17-8-4-12(5-9-17)10-16(2)3/h12,15H,4-11H2,1-3H3. The summed E-state index contributed by atoms with van der Waals surface area (Å²) in [5, 5.41) is 3.31. The molecule has 0 radical (unpaired) electrons. The Morgan fingerprint density at radius 1 is 1.39 bits per heavy atom. The molecule has 0 aromatic carbocycles. The van der Waals surface area contributed by atoms with E-state index in [0.29, 0.717) is 5.91 Å². The lowest BCUT2D eigenvalue weighted by molar-refractivity contribution is -0.141. The Hall–Kier alpha value is -0.610. The molecule has 1 unspecified atom stereocenters. The number of nitrogens with zero attached hydrogens (tertiary/aromatic N) is 2. The van der Waals surface area contributed by atoms with Crippen LogP contribution in [0.3, 0.4) is 0 Å². The molecular weight excluding hydrogens is 226 g/mol. The van der Waals surface area contributed by atoms with Crippen molar-refractivity contribution < 1.29 is 4.79 Å². The molecule has 2 rings (SSSR count). The van der Waals surface area contributed by atoms with Gasteiger partial charge in [0.1, 0.15) is 0 Å². The molecular formula is C14H27N3O. The van der Waals surface area contributed by atoms with E-state index in [-0.39, 0.29) is 5.41 Å².